The van der Waals surface area contributed by atoms with Crippen molar-refractivity contribution in [3.63, 3.8) is 0 Å². The molecule has 0 saturated carbocycles. The van der Waals surface area contributed by atoms with E-state index >= 15 is 0 Å². The Bertz CT molecular complexity index is 3230. The summed E-state index contributed by atoms with van der Waals surface area (Å²) in [4.78, 5) is 2.49. The molecule has 0 fully saturated rings. The predicted octanol–water partition coefficient (Wildman–Crippen LogP) is 15.5. The molecule has 57 heavy (non-hydrogen) atoms. The molecule has 0 saturated heterocycles. The van der Waals surface area contributed by atoms with Crippen molar-refractivity contribution >= 4 is 76.9 Å². The molecule has 0 radical (unpaired) electrons. The van der Waals surface area contributed by atoms with Crippen molar-refractivity contribution in [2.75, 3.05) is 4.90 Å². The van der Waals surface area contributed by atoms with Gasteiger partial charge in [0.2, 0.25) is 0 Å². The maximum atomic E-state index is 2.52. The zero-order valence-electron chi connectivity index (χ0n) is 31.8. The second-order valence-corrected chi connectivity index (χ2v) is 15.4. The Labute approximate surface area is 332 Å². The lowest BCUT2D eigenvalue weighted by atomic mass is 9.96. The zero-order chi connectivity index (χ0) is 37.9. The lowest BCUT2D eigenvalue weighted by Gasteiger charge is -2.28. The van der Waals surface area contributed by atoms with Crippen molar-refractivity contribution in [2.24, 2.45) is 5.92 Å². The Balaban J connectivity index is 1.20. The van der Waals surface area contributed by atoms with E-state index in [-0.39, 0.29) is 0 Å². The van der Waals surface area contributed by atoms with Crippen LogP contribution in [0.15, 0.2) is 206 Å². The van der Waals surface area contributed by atoms with Crippen molar-refractivity contribution in [3.05, 3.63) is 206 Å². The summed E-state index contributed by atoms with van der Waals surface area (Å²) in [5.74, 6) is 0.446. The fourth-order valence-electron chi connectivity index (χ4n) is 9.07. The molecule has 1 aliphatic carbocycles. The van der Waals surface area contributed by atoms with Crippen LogP contribution in [0, 0.1) is 5.92 Å². The second-order valence-electron chi connectivity index (χ2n) is 15.4. The molecule has 1 heterocycles. The Hall–Kier alpha value is -7.16. The Morgan fingerprint density at radius 3 is 1.86 bits per heavy atom. The molecular weight excluding hydrogens is 689 g/mol. The molecule has 0 spiro atoms. The van der Waals surface area contributed by atoms with Gasteiger partial charge in [0, 0.05) is 33.1 Å². The smallest absolute Gasteiger partial charge is 0.0640 e. The summed E-state index contributed by atoms with van der Waals surface area (Å²) >= 11 is 0. The molecule has 2 nitrogen and oxygen atoms in total. The first-order chi connectivity index (χ1) is 28.2. The first-order valence-corrected chi connectivity index (χ1v) is 20.0. The Kier molecular flexibility index (Phi) is 7.89. The fraction of sp³-hybridized carbons (Fsp3) is 0.0545. The van der Waals surface area contributed by atoms with Gasteiger partial charge >= 0.3 is 0 Å². The van der Waals surface area contributed by atoms with Crippen LogP contribution in [-0.2, 0) is 0 Å². The van der Waals surface area contributed by atoms with E-state index in [2.05, 4.69) is 223 Å². The number of aromatic nitrogens is 1. The van der Waals surface area contributed by atoms with E-state index in [0.717, 1.165) is 23.5 Å². The van der Waals surface area contributed by atoms with Crippen LogP contribution in [0.2, 0.25) is 0 Å². The van der Waals surface area contributed by atoms with Gasteiger partial charge in [-0.15, -0.1) is 0 Å². The summed E-state index contributed by atoms with van der Waals surface area (Å²) in [5.41, 5.74) is 11.9. The van der Waals surface area contributed by atoms with Crippen molar-refractivity contribution in [1.29, 1.82) is 0 Å². The topological polar surface area (TPSA) is 8.17 Å². The standard InChI is InChI=1S/C55H40N2/c1-37-12-10-19-47(34-37)57-52-22-9-8-21-50(52)54-53(33-32-49(55(54)57)45-27-25-39-14-3-5-17-43(39)36-45)56(51-23-11-18-41-15-6-7-20-48(41)51)46-30-28-40(29-31-46)44-26-24-38-13-2-4-16-42(38)35-44/h2-11,13-37H,12H2,1H3. The highest BCUT2D eigenvalue weighted by Gasteiger charge is 2.25. The van der Waals surface area contributed by atoms with Crippen molar-refractivity contribution in [3.8, 4) is 22.3 Å². The van der Waals surface area contributed by atoms with E-state index < -0.39 is 0 Å². The minimum absolute atomic E-state index is 0.446. The average Bonchev–Trinajstić information content (AvgIpc) is 3.62. The molecule has 10 aromatic rings. The quantitative estimate of drug-likeness (QED) is 0.165. The number of nitrogens with zero attached hydrogens (tertiary/aromatic N) is 2. The molecule has 0 N–H and O–H groups in total. The highest BCUT2D eigenvalue weighted by Crippen LogP contribution is 2.49. The molecule has 9 aromatic carbocycles. The van der Waals surface area contributed by atoms with Crippen LogP contribution >= 0.6 is 0 Å². The van der Waals surface area contributed by atoms with Crippen LogP contribution in [0.4, 0.5) is 17.1 Å². The van der Waals surface area contributed by atoms with Crippen molar-refractivity contribution in [2.45, 2.75) is 13.3 Å². The molecule has 11 rings (SSSR count). The molecule has 0 bridgehead atoms. The summed E-state index contributed by atoms with van der Waals surface area (Å²) < 4.78 is 2.52. The van der Waals surface area contributed by atoms with Crippen LogP contribution in [-0.4, -0.2) is 4.57 Å². The largest absolute Gasteiger partial charge is 0.309 e. The van der Waals surface area contributed by atoms with Gasteiger partial charge in [-0.25, -0.2) is 0 Å². The van der Waals surface area contributed by atoms with Crippen molar-refractivity contribution in [1.82, 2.24) is 4.57 Å². The van der Waals surface area contributed by atoms with Gasteiger partial charge in [-0.2, -0.15) is 0 Å². The number of allylic oxidation sites excluding steroid dienone is 4. The van der Waals surface area contributed by atoms with Crippen LogP contribution in [0.5, 0.6) is 0 Å². The number of fused-ring (bicyclic) bond motifs is 6. The van der Waals surface area contributed by atoms with Gasteiger partial charge in [-0.1, -0.05) is 165 Å². The second kappa shape index (κ2) is 13.5. The fourth-order valence-corrected chi connectivity index (χ4v) is 9.07. The van der Waals surface area contributed by atoms with Gasteiger partial charge in [-0.3, -0.25) is 0 Å². The average molecular weight is 729 g/mol. The number of anilines is 3. The van der Waals surface area contributed by atoms with Crippen LogP contribution in [0.25, 0.3) is 82.1 Å². The first-order valence-electron chi connectivity index (χ1n) is 20.0. The SMILES string of the molecule is CC1C=C(n2c3ccccc3c3c(N(c4ccc(-c5ccc6ccccc6c5)cc4)c4cccc5ccccc45)ccc(-c4ccc5ccccc5c4)c32)C=CC1. The number of para-hydroxylation sites is 1. The highest BCUT2D eigenvalue weighted by molar-refractivity contribution is 6.22. The van der Waals surface area contributed by atoms with Crippen molar-refractivity contribution < 1.29 is 0 Å². The minimum Gasteiger partial charge on any atom is -0.309 e. The van der Waals surface area contributed by atoms with Crippen LogP contribution < -0.4 is 4.90 Å². The van der Waals surface area contributed by atoms with Crippen LogP contribution in [0.1, 0.15) is 13.3 Å². The third-order valence-electron chi connectivity index (χ3n) is 11.8. The third kappa shape index (κ3) is 5.64. The Morgan fingerprint density at radius 1 is 0.491 bits per heavy atom. The van der Waals surface area contributed by atoms with Gasteiger partial charge < -0.3 is 9.47 Å². The van der Waals surface area contributed by atoms with Crippen LogP contribution in [0.3, 0.4) is 0 Å². The predicted molar refractivity (Wildman–Crippen MR) is 245 cm³/mol. The molecule has 1 aliphatic rings. The minimum atomic E-state index is 0.446. The first kappa shape index (κ1) is 33.2. The molecule has 0 amide bonds. The summed E-state index contributed by atoms with van der Waals surface area (Å²) in [5, 5.41) is 9.88. The van der Waals surface area contributed by atoms with Gasteiger partial charge in [0.25, 0.3) is 0 Å². The van der Waals surface area contributed by atoms with E-state index in [1.165, 1.54) is 82.1 Å². The summed E-state index contributed by atoms with van der Waals surface area (Å²) in [6.45, 7) is 2.32. The summed E-state index contributed by atoms with van der Waals surface area (Å²) in [6, 6.07) is 69.2. The molecular formula is C55H40N2. The van der Waals surface area contributed by atoms with E-state index in [1.54, 1.807) is 0 Å². The zero-order valence-corrected chi connectivity index (χ0v) is 31.8. The lowest BCUT2D eigenvalue weighted by Crippen LogP contribution is -2.11. The summed E-state index contributed by atoms with van der Waals surface area (Å²) in [6.07, 6.45) is 8.14. The van der Waals surface area contributed by atoms with Gasteiger partial charge in [-0.05, 0) is 105 Å². The van der Waals surface area contributed by atoms with E-state index in [4.69, 9.17) is 0 Å². The molecule has 1 aromatic heterocycles. The number of hydrogen-bond donors (Lipinski definition) is 0. The monoisotopic (exact) mass is 728 g/mol. The molecule has 0 aliphatic heterocycles. The Morgan fingerprint density at radius 2 is 1.11 bits per heavy atom. The van der Waals surface area contributed by atoms with E-state index in [9.17, 15) is 0 Å². The maximum Gasteiger partial charge on any atom is 0.0640 e. The van der Waals surface area contributed by atoms with E-state index in [1.807, 2.05) is 0 Å². The lowest BCUT2D eigenvalue weighted by molar-refractivity contribution is 0.735. The maximum absolute atomic E-state index is 2.52. The van der Waals surface area contributed by atoms with Gasteiger partial charge in [0.05, 0.1) is 22.4 Å². The normalized spacial score (nSPS) is 14.2. The van der Waals surface area contributed by atoms with Gasteiger partial charge in [0.15, 0.2) is 0 Å². The number of benzene rings is 9. The van der Waals surface area contributed by atoms with E-state index in [0.29, 0.717) is 5.92 Å². The summed E-state index contributed by atoms with van der Waals surface area (Å²) in [7, 11) is 0. The molecule has 2 heteroatoms. The molecule has 1 atom stereocenters. The third-order valence-corrected chi connectivity index (χ3v) is 11.8. The van der Waals surface area contributed by atoms with Gasteiger partial charge in [0.1, 0.15) is 0 Å². The number of rotatable bonds is 6. The molecule has 270 valence electrons. The number of hydrogen-bond acceptors (Lipinski definition) is 1. The highest BCUT2D eigenvalue weighted by atomic mass is 15.1. The molecule has 1 unspecified atom stereocenters.